The van der Waals surface area contributed by atoms with Gasteiger partial charge < -0.3 is 10.6 Å². The fourth-order valence-corrected chi connectivity index (χ4v) is 2.23. The molecule has 0 aliphatic heterocycles. The summed E-state index contributed by atoms with van der Waals surface area (Å²) in [5.41, 5.74) is 1.71. The summed E-state index contributed by atoms with van der Waals surface area (Å²) in [5, 5.41) is 7.00. The molecule has 2 heteroatoms. The summed E-state index contributed by atoms with van der Waals surface area (Å²) in [6.45, 7) is 11.2. The van der Waals surface area contributed by atoms with Crippen LogP contribution >= 0.6 is 0 Å². The molecule has 2 N–H and O–H groups in total. The SMILES string of the molecule is CN[C@@H](c1ccccc1)[C@@H](C)CNCC(C)(C)C. The lowest BCUT2D eigenvalue weighted by molar-refractivity contribution is 0.334. The van der Waals surface area contributed by atoms with Gasteiger partial charge in [-0.3, -0.25) is 0 Å². The number of hydrogen-bond donors (Lipinski definition) is 2. The van der Waals surface area contributed by atoms with Gasteiger partial charge in [-0.25, -0.2) is 0 Å². The summed E-state index contributed by atoms with van der Waals surface area (Å²) in [6, 6.07) is 11.1. The first kappa shape index (κ1) is 15.2. The molecule has 2 atom stereocenters. The van der Waals surface area contributed by atoms with E-state index in [1.165, 1.54) is 5.56 Å². The van der Waals surface area contributed by atoms with Crippen LogP contribution in [0.3, 0.4) is 0 Å². The van der Waals surface area contributed by atoms with Crippen molar-refractivity contribution in [3.63, 3.8) is 0 Å². The van der Waals surface area contributed by atoms with Gasteiger partial charge in [-0.05, 0) is 30.5 Å². The molecule has 0 amide bonds. The summed E-state index contributed by atoms with van der Waals surface area (Å²) in [7, 11) is 2.04. The molecular formula is C16H28N2. The average Bonchev–Trinajstić information content (AvgIpc) is 2.29. The molecule has 2 nitrogen and oxygen atoms in total. The largest absolute Gasteiger partial charge is 0.316 e. The molecule has 0 aliphatic carbocycles. The number of nitrogens with one attached hydrogen (secondary N) is 2. The van der Waals surface area contributed by atoms with E-state index in [4.69, 9.17) is 0 Å². The van der Waals surface area contributed by atoms with Crippen molar-refractivity contribution in [3.05, 3.63) is 35.9 Å². The van der Waals surface area contributed by atoms with Crippen molar-refractivity contribution in [1.82, 2.24) is 10.6 Å². The first-order valence-corrected chi connectivity index (χ1v) is 6.87. The zero-order valence-electron chi connectivity index (χ0n) is 12.5. The molecule has 18 heavy (non-hydrogen) atoms. The van der Waals surface area contributed by atoms with Gasteiger partial charge in [0.1, 0.15) is 0 Å². The fourth-order valence-electron chi connectivity index (χ4n) is 2.23. The van der Waals surface area contributed by atoms with Gasteiger partial charge >= 0.3 is 0 Å². The lowest BCUT2D eigenvalue weighted by Gasteiger charge is -2.26. The summed E-state index contributed by atoms with van der Waals surface area (Å²) < 4.78 is 0. The van der Waals surface area contributed by atoms with Crippen LogP contribution in [0.25, 0.3) is 0 Å². The predicted molar refractivity (Wildman–Crippen MR) is 79.7 cm³/mol. The fraction of sp³-hybridized carbons (Fsp3) is 0.625. The van der Waals surface area contributed by atoms with Crippen LogP contribution in [-0.2, 0) is 0 Å². The van der Waals surface area contributed by atoms with Gasteiger partial charge in [0.15, 0.2) is 0 Å². The lowest BCUT2D eigenvalue weighted by atomic mass is 9.93. The normalized spacial score (nSPS) is 15.4. The Morgan fingerprint density at radius 2 is 1.72 bits per heavy atom. The third-order valence-electron chi connectivity index (χ3n) is 3.16. The second-order valence-electron chi connectivity index (χ2n) is 6.35. The van der Waals surface area contributed by atoms with E-state index in [0.29, 0.717) is 17.4 Å². The molecule has 1 rings (SSSR count). The monoisotopic (exact) mass is 248 g/mol. The Balaban J connectivity index is 2.51. The zero-order valence-corrected chi connectivity index (χ0v) is 12.5. The molecule has 0 aliphatic rings. The summed E-state index contributed by atoms with van der Waals surface area (Å²) in [6.07, 6.45) is 0. The zero-order chi connectivity index (χ0) is 13.6. The summed E-state index contributed by atoms with van der Waals surface area (Å²) in [5.74, 6) is 0.569. The maximum Gasteiger partial charge on any atom is 0.0355 e. The van der Waals surface area contributed by atoms with Crippen LogP contribution in [0, 0.1) is 11.3 Å². The highest BCUT2D eigenvalue weighted by Crippen LogP contribution is 2.21. The number of rotatable bonds is 6. The van der Waals surface area contributed by atoms with Crippen molar-refractivity contribution >= 4 is 0 Å². The molecule has 102 valence electrons. The van der Waals surface area contributed by atoms with E-state index in [0.717, 1.165) is 13.1 Å². The highest BCUT2D eigenvalue weighted by Gasteiger charge is 2.18. The third-order valence-corrected chi connectivity index (χ3v) is 3.16. The Morgan fingerprint density at radius 1 is 1.11 bits per heavy atom. The van der Waals surface area contributed by atoms with Crippen LogP contribution in [0.2, 0.25) is 0 Å². The van der Waals surface area contributed by atoms with Gasteiger partial charge in [0.25, 0.3) is 0 Å². The van der Waals surface area contributed by atoms with Crippen LogP contribution in [0.5, 0.6) is 0 Å². The van der Waals surface area contributed by atoms with E-state index in [-0.39, 0.29) is 0 Å². The van der Waals surface area contributed by atoms with Crippen LogP contribution in [0.4, 0.5) is 0 Å². The van der Waals surface area contributed by atoms with Crippen LogP contribution in [0.1, 0.15) is 39.3 Å². The summed E-state index contributed by atoms with van der Waals surface area (Å²) >= 11 is 0. The Morgan fingerprint density at radius 3 is 2.22 bits per heavy atom. The van der Waals surface area contributed by atoms with E-state index in [2.05, 4.69) is 68.7 Å². The predicted octanol–water partition coefficient (Wildman–Crippen LogP) is 3.22. The average molecular weight is 248 g/mol. The molecule has 0 unspecified atom stereocenters. The second-order valence-corrected chi connectivity index (χ2v) is 6.35. The van der Waals surface area contributed by atoms with Crippen molar-refractivity contribution in [2.24, 2.45) is 11.3 Å². The first-order valence-electron chi connectivity index (χ1n) is 6.87. The van der Waals surface area contributed by atoms with E-state index in [1.54, 1.807) is 0 Å². The van der Waals surface area contributed by atoms with Crippen molar-refractivity contribution < 1.29 is 0 Å². The minimum atomic E-state index is 0.349. The molecule has 0 heterocycles. The Labute approximate surface area is 112 Å². The summed E-state index contributed by atoms with van der Waals surface area (Å²) in [4.78, 5) is 0. The maximum absolute atomic E-state index is 3.57. The van der Waals surface area contributed by atoms with Gasteiger partial charge in [-0.1, -0.05) is 58.0 Å². The second kappa shape index (κ2) is 6.91. The van der Waals surface area contributed by atoms with Crippen molar-refractivity contribution in [1.29, 1.82) is 0 Å². The highest BCUT2D eigenvalue weighted by molar-refractivity contribution is 5.19. The third kappa shape index (κ3) is 5.19. The molecule has 1 aromatic carbocycles. The van der Waals surface area contributed by atoms with E-state index in [1.807, 2.05) is 7.05 Å². The minimum absolute atomic E-state index is 0.349. The first-order chi connectivity index (χ1) is 8.44. The minimum Gasteiger partial charge on any atom is -0.316 e. The standard InChI is InChI=1S/C16H28N2/c1-13(11-18-12-16(2,3)4)15(17-5)14-9-7-6-8-10-14/h6-10,13,15,17-18H,11-12H2,1-5H3/t13-,15+/m0/s1. The molecule has 0 fully saturated rings. The molecule has 0 saturated heterocycles. The van der Waals surface area contributed by atoms with Crippen LogP contribution in [-0.4, -0.2) is 20.1 Å². The number of benzene rings is 1. The van der Waals surface area contributed by atoms with Gasteiger partial charge in [0.2, 0.25) is 0 Å². The van der Waals surface area contributed by atoms with Crippen molar-refractivity contribution in [2.45, 2.75) is 33.7 Å². The van der Waals surface area contributed by atoms with Crippen molar-refractivity contribution in [3.8, 4) is 0 Å². The Kier molecular flexibility index (Phi) is 5.83. The molecule has 0 radical (unpaired) electrons. The van der Waals surface area contributed by atoms with Gasteiger partial charge in [0, 0.05) is 12.6 Å². The Hall–Kier alpha value is -0.860. The van der Waals surface area contributed by atoms with Gasteiger partial charge in [0.05, 0.1) is 0 Å². The molecule has 0 aromatic heterocycles. The van der Waals surface area contributed by atoms with Gasteiger partial charge in [-0.15, -0.1) is 0 Å². The van der Waals surface area contributed by atoms with E-state index in [9.17, 15) is 0 Å². The highest BCUT2D eigenvalue weighted by atomic mass is 14.9. The topological polar surface area (TPSA) is 24.1 Å². The Bertz CT molecular complexity index is 327. The molecule has 0 saturated carbocycles. The number of hydrogen-bond acceptors (Lipinski definition) is 2. The maximum atomic E-state index is 3.57. The molecular weight excluding hydrogens is 220 g/mol. The van der Waals surface area contributed by atoms with E-state index >= 15 is 0 Å². The smallest absolute Gasteiger partial charge is 0.0355 e. The molecule has 1 aromatic rings. The molecule has 0 spiro atoms. The van der Waals surface area contributed by atoms with E-state index < -0.39 is 0 Å². The lowest BCUT2D eigenvalue weighted by Crippen LogP contribution is -2.35. The van der Waals surface area contributed by atoms with Crippen molar-refractivity contribution in [2.75, 3.05) is 20.1 Å². The van der Waals surface area contributed by atoms with Gasteiger partial charge in [-0.2, -0.15) is 0 Å². The van der Waals surface area contributed by atoms with Crippen LogP contribution < -0.4 is 10.6 Å². The quantitative estimate of drug-likeness (QED) is 0.808. The molecule has 0 bridgehead atoms. The van der Waals surface area contributed by atoms with Crippen LogP contribution in [0.15, 0.2) is 30.3 Å².